The SMILES string of the molecule is COc1ccccc1C(=O)Nc1ccc(C(=O)N2CCCNCC2)cc1C. The van der Waals surface area contributed by atoms with Gasteiger partial charge in [0.25, 0.3) is 11.8 Å². The molecule has 0 unspecified atom stereocenters. The minimum absolute atomic E-state index is 0.0319. The van der Waals surface area contributed by atoms with Gasteiger partial charge in [0.05, 0.1) is 12.7 Å². The van der Waals surface area contributed by atoms with Gasteiger partial charge in [0.1, 0.15) is 5.75 Å². The van der Waals surface area contributed by atoms with Gasteiger partial charge >= 0.3 is 0 Å². The molecular weight excluding hydrogens is 342 g/mol. The Balaban J connectivity index is 1.74. The fourth-order valence-corrected chi connectivity index (χ4v) is 3.19. The molecule has 0 bridgehead atoms. The number of nitrogens with one attached hydrogen (secondary N) is 2. The summed E-state index contributed by atoms with van der Waals surface area (Å²) in [5.41, 5.74) is 2.64. The van der Waals surface area contributed by atoms with Gasteiger partial charge in [0.2, 0.25) is 0 Å². The van der Waals surface area contributed by atoms with Crippen LogP contribution >= 0.6 is 0 Å². The molecule has 1 saturated heterocycles. The van der Waals surface area contributed by atoms with Crippen molar-refractivity contribution in [3.63, 3.8) is 0 Å². The third-order valence-electron chi connectivity index (χ3n) is 4.70. The first-order chi connectivity index (χ1) is 13.1. The lowest BCUT2D eigenvalue weighted by Gasteiger charge is -2.20. The van der Waals surface area contributed by atoms with Crippen molar-refractivity contribution in [3.05, 3.63) is 59.2 Å². The fraction of sp³-hybridized carbons (Fsp3) is 0.333. The Bertz CT molecular complexity index is 827. The molecule has 27 heavy (non-hydrogen) atoms. The van der Waals surface area contributed by atoms with Crippen LogP contribution in [0.2, 0.25) is 0 Å². The number of hydrogen-bond donors (Lipinski definition) is 2. The van der Waals surface area contributed by atoms with E-state index in [-0.39, 0.29) is 11.8 Å². The molecule has 2 N–H and O–H groups in total. The zero-order valence-corrected chi connectivity index (χ0v) is 15.7. The van der Waals surface area contributed by atoms with Crippen LogP contribution in [-0.2, 0) is 0 Å². The van der Waals surface area contributed by atoms with Crippen LogP contribution in [0.4, 0.5) is 5.69 Å². The third kappa shape index (κ3) is 4.46. The zero-order chi connectivity index (χ0) is 19.2. The number of rotatable bonds is 4. The lowest BCUT2D eigenvalue weighted by molar-refractivity contribution is 0.0766. The van der Waals surface area contributed by atoms with Crippen molar-refractivity contribution in [3.8, 4) is 5.75 Å². The Kier molecular flexibility index (Phi) is 6.08. The Morgan fingerprint density at radius 3 is 2.70 bits per heavy atom. The van der Waals surface area contributed by atoms with E-state index in [1.54, 1.807) is 30.3 Å². The van der Waals surface area contributed by atoms with E-state index < -0.39 is 0 Å². The number of carbonyl (C=O) groups excluding carboxylic acids is 2. The van der Waals surface area contributed by atoms with Gasteiger partial charge in [-0.2, -0.15) is 0 Å². The molecule has 1 heterocycles. The summed E-state index contributed by atoms with van der Waals surface area (Å²) in [4.78, 5) is 27.2. The highest BCUT2D eigenvalue weighted by Gasteiger charge is 2.18. The molecule has 2 aromatic rings. The summed E-state index contributed by atoms with van der Waals surface area (Å²) in [6.07, 6.45) is 0.956. The number of carbonyl (C=O) groups is 2. The molecule has 6 heteroatoms. The highest BCUT2D eigenvalue weighted by molar-refractivity contribution is 6.06. The van der Waals surface area contributed by atoms with Gasteiger partial charge in [-0.05, 0) is 55.8 Å². The number of methoxy groups -OCH3 is 1. The van der Waals surface area contributed by atoms with Crippen LogP contribution in [0.25, 0.3) is 0 Å². The lowest BCUT2D eigenvalue weighted by Crippen LogP contribution is -2.34. The average molecular weight is 367 g/mol. The highest BCUT2D eigenvalue weighted by Crippen LogP contribution is 2.22. The summed E-state index contributed by atoms with van der Waals surface area (Å²) in [7, 11) is 1.54. The maximum Gasteiger partial charge on any atom is 0.259 e. The van der Waals surface area contributed by atoms with Crippen molar-refractivity contribution in [1.29, 1.82) is 0 Å². The van der Waals surface area contributed by atoms with E-state index in [1.165, 1.54) is 7.11 Å². The third-order valence-corrected chi connectivity index (χ3v) is 4.70. The van der Waals surface area contributed by atoms with Gasteiger partial charge < -0.3 is 20.3 Å². The summed E-state index contributed by atoms with van der Waals surface area (Å²) in [6.45, 7) is 5.12. The Hall–Kier alpha value is -2.86. The van der Waals surface area contributed by atoms with E-state index >= 15 is 0 Å². The molecule has 3 rings (SSSR count). The first-order valence-corrected chi connectivity index (χ1v) is 9.15. The van der Waals surface area contributed by atoms with Crippen LogP contribution in [0, 0.1) is 6.92 Å². The summed E-state index contributed by atoms with van der Waals surface area (Å²) in [6, 6.07) is 12.5. The molecular formula is C21H25N3O3. The molecule has 6 nitrogen and oxygen atoms in total. The summed E-state index contributed by atoms with van der Waals surface area (Å²) in [5.74, 6) is 0.312. The smallest absolute Gasteiger partial charge is 0.259 e. The van der Waals surface area contributed by atoms with E-state index in [4.69, 9.17) is 4.74 Å². The quantitative estimate of drug-likeness (QED) is 0.872. The monoisotopic (exact) mass is 367 g/mol. The molecule has 1 aliphatic heterocycles. The maximum absolute atomic E-state index is 12.7. The molecule has 142 valence electrons. The molecule has 0 spiro atoms. The average Bonchev–Trinajstić information content (AvgIpc) is 2.98. The molecule has 2 amide bonds. The summed E-state index contributed by atoms with van der Waals surface area (Å²) in [5, 5.41) is 6.20. The molecule has 1 aliphatic rings. The molecule has 0 radical (unpaired) electrons. The number of anilines is 1. The normalized spacial score (nSPS) is 14.4. The van der Waals surface area contributed by atoms with Gasteiger partial charge in [-0.15, -0.1) is 0 Å². The Morgan fingerprint density at radius 1 is 1.11 bits per heavy atom. The molecule has 0 saturated carbocycles. The Labute approximate surface area is 159 Å². The fourth-order valence-electron chi connectivity index (χ4n) is 3.19. The second-order valence-electron chi connectivity index (χ2n) is 6.58. The van der Waals surface area contributed by atoms with E-state index in [2.05, 4.69) is 10.6 Å². The highest BCUT2D eigenvalue weighted by atomic mass is 16.5. The number of benzene rings is 2. The Morgan fingerprint density at radius 2 is 1.93 bits per heavy atom. The molecule has 0 atom stereocenters. The number of nitrogens with zero attached hydrogens (tertiary/aromatic N) is 1. The number of hydrogen-bond acceptors (Lipinski definition) is 4. The lowest BCUT2D eigenvalue weighted by atomic mass is 10.1. The molecule has 2 aromatic carbocycles. The van der Waals surface area contributed by atoms with Crippen LogP contribution in [0.5, 0.6) is 5.75 Å². The minimum atomic E-state index is -0.242. The van der Waals surface area contributed by atoms with Gasteiger partial charge in [0, 0.05) is 30.9 Å². The van der Waals surface area contributed by atoms with Gasteiger partial charge in [-0.1, -0.05) is 12.1 Å². The maximum atomic E-state index is 12.7. The topological polar surface area (TPSA) is 70.7 Å². The van der Waals surface area contributed by atoms with Crippen molar-refractivity contribution >= 4 is 17.5 Å². The van der Waals surface area contributed by atoms with Crippen LogP contribution < -0.4 is 15.4 Å². The molecule has 0 aromatic heterocycles. The van der Waals surface area contributed by atoms with Gasteiger partial charge in [0.15, 0.2) is 0 Å². The predicted molar refractivity (Wildman–Crippen MR) is 106 cm³/mol. The van der Waals surface area contributed by atoms with Crippen LogP contribution in [0.1, 0.15) is 32.7 Å². The standard InChI is InChI=1S/C21H25N3O3/c1-15-14-16(21(26)24-12-5-10-22-11-13-24)8-9-18(15)23-20(25)17-6-3-4-7-19(17)27-2/h3-4,6-9,14,22H,5,10-13H2,1-2H3,(H,23,25). The first-order valence-electron chi connectivity index (χ1n) is 9.15. The van der Waals surface area contributed by atoms with Crippen molar-refractivity contribution in [2.45, 2.75) is 13.3 Å². The second kappa shape index (κ2) is 8.68. The van der Waals surface area contributed by atoms with E-state index in [0.717, 1.165) is 31.6 Å². The summed E-state index contributed by atoms with van der Waals surface area (Å²) < 4.78 is 5.25. The van der Waals surface area contributed by atoms with Crippen LogP contribution in [0.15, 0.2) is 42.5 Å². The number of ether oxygens (including phenoxy) is 1. The first kappa shape index (κ1) is 18.9. The largest absolute Gasteiger partial charge is 0.496 e. The van der Waals surface area contributed by atoms with E-state index in [1.807, 2.05) is 24.0 Å². The second-order valence-corrected chi connectivity index (χ2v) is 6.58. The van der Waals surface area contributed by atoms with E-state index in [0.29, 0.717) is 29.1 Å². The van der Waals surface area contributed by atoms with Crippen molar-refractivity contribution in [2.75, 3.05) is 38.6 Å². The molecule has 1 fully saturated rings. The van der Waals surface area contributed by atoms with E-state index in [9.17, 15) is 9.59 Å². The van der Waals surface area contributed by atoms with Gasteiger partial charge in [-0.25, -0.2) is 0 Å². The zero-order valence-electron chi connectivity index (χ0n) is 15.7. The number of amides is 2. The van der Waals surface area contributed by atoms with Crippen molar-refractivity contribution in [2.24, 2.45) is 0 Å². The predicted octanol–water partition coefficient (Wildman–Crippen LogP) is 2.69. The number of aryl methyl sites for hydroxylation is 1. The van der Waals surface area contributed by atoms with Crippen LogP contribution in [-0.4, -0.2) is 50.0 Å². The minimum Gasteiger partial charge on any atom is -0.496 e. The van der Waals surface area contributed by atoms with Crippen molar-refractivity contribution in [1.82, 2.24) is 10.2 Å². The molecule has 0 aliphatic carbocycles. The van der Waals surface area contributed by atoms with Gasteiger partial charge in [-0.3, -0.25) is 9.59 Å². The summed E-state index contributed by atoms with van der Waals surface area (Å²) >= 11 is 0. The van der Waals surface area contributed by atoms with Crippen molar-refractivity contribution < 1.29 is 14.3 Å². The van der Waals surface area contributed by atoms with Crippen LogP contribution in [0.3, 0.4) is 0 Å². The number of para-hydroxylation sites is 1.